The van der Waals surface area contributed by atoms with Crippen LogP contribution in [0.3, 0.4) is 0 Å². The molecule has 2 nitrogen and oxygen atoms in total. The normalized spacial score (nSPS) is 10.7. The first-order chi connectivity index (χ1) is 7.13. The van der Waals surface area contributed by atoms with Gasteiger partial charge in [-0.25, -0.2) is 4.39 Å². The van der Waals surface area contributed by atoms with Crippen molar-refractivity contribution in [3.8, 4) is 0 Å². The Hall–Kier alpha value is -1.16. The van der Waals surface area contributed by atoms with Gasteiger partial charge in [0.2, 0.25) is 0 Å². The van der Waals surface area contributed by atoms with Crippen LogP contribution in [0.5, 0.6) is 0 Å². The zero-order valence-corrected chi connectivity index (χ0v) is 10.0. The predicted molar refractivity (Wildman–Crippen MR) is 63.7 cm³/mol. The van der Waals surface area contributed by atoms with Gasteiger partial charge in [0.25, 0.3) is 0 Å². The van der Waals surface area contributed by atoms with E-state index in [1.54, 1.807) is 13.1 Å². The van der Waals surface area contributed by atoms with Gasteiger partial charge in [-0.2, -0.15) is 0 Å². The average molecular weight is 269 g/mol. The second-order valence-corrected chi connectivity index (χ2v) is 4.17. The van der Waals surface area contributed by atoms with E-state index >= 15 is 0 Å². The second-order valence-electron chi connectivity index (χ2n) is 3.31. The Kier molecular flexibility index (Phi) is 2.61. The van der Waals surface area contributed by atoms with Crippen LogP contribution < -0.4 is 5.32 Å². The van der Waals surface area contributed by atoms with Crippen LogP contribution >= 0.6 is 15.9 Å². The fourth-order valence-corrected chi connectivity index (χ4v) is 2.01. The highest BCUT2D eigenvalue weighted by Crippen LogP contribution is 2.30. The highest BCUT2D eigenvalue weighted by Gasteiger charge is 2.10. The SMILES string of the molecule is CNc1cc(C)nc2c(Br)ccc(F)c12. The van der Waals surface area contributed by atoms with Gasteiger partial charge in [-0.1, -0.05) is 0 Å². The summed E-state index contributed by atoms with van der Waals surface area (Å²) in [4.78, 5) is 4.32. The molecule has 2 rings (SSSR count). The van der Waals surface area contributed by atoms with Crippen molar-refractivity contribution in [1.29, 1.82) is 0 Å². The topological polar surface area (TPSA) is 24.9 Å². The second kappa shape index (κ2) is 3.77. The number of nitrogens with zero attached hydrogens (tertiary/aromatic N) is 1. The van der Waals surface area contributed by atoms with Gasteiger partial charge in [0.15, 0.2) is 0 Å². The molecule has 1 heterocycles. The molecule has 0 radical (unpaired) electrons. The summed E-state index contributed by atoms with van der Waals surface area (Å²) in [6, 6.07) is 4.94. The number of halogens is 2. The third kappa shape index (κ3) is 1.69. The zero-order chi connectivity index (χ0) is 11.0. The molecule has 0 bridgehead atoms. The molecule has 15 heavy (non-hydrogen) atoms. The minimum absolute atomic E-state index is 0.259. The monoisotopic (exact) mass is 268 g/mol. The van der Waals surface area contributed by atoms with Crippen LogP contribution in [0.2, 0.25) is 0 Å². The Morgan fingerprint density at radius 1 is 1.40 bits per heavy atom. The minimum atomic E-state index is -0.259. The summed E-state index contributed by atoms with van der Waals surface area (Å²) in [7, 11) is 1.77. The maximum absolute atomic E-state index is 13.6. The van der Waals surface area contributed by atoms with Crippen molar-refractivity contribution in [3.63, 3.8) is 0 Å². The van der Waals surface area contributed by atoms with Crippen LogP contribution in [0.4, 0.5) is 10.1 Å². The summed E-state index contributed by atoms with van der Waals surface area (Å²) in [6.45, 7) is 1.89. The van der Waals surface area contributed by atoms with Gasteiger partial charge in [-0.3, -0.25) is 4.98 Å². The molecule has 1 aromatic carbocycles. The molecule has 78 valence electrons. The van der Waals surface area contributed by atoms with Gasteiger partial charge in [-0.15, -0.1) is 0 Å². The number of anilines is 1. The van der Waals surface area contributed by atoms with Crippen LogP contribution in [-0.4, -0.2) is 12.0 Å². The van der Waals surface area contributed by atoms with E-state index in [9.17, 15) is 4.39 Å². The van der Waals surface area contributed by atoms with Gasteiger partial charge < -0.3 is 5.32 Å². The van der Waals surface area contributed by atoms with E-state index in [2.05, 4.69) is 26.2 Å². The van der Waals surface area contributed by atoms with Crippen LogP contribution in [0.1, 0.15) is 5.69 Å². The van der Waals surface area contributed by atoms with Crippen molar-refractivity contribution in [1.82, 2.24) is 4.98 Å². The van der Waals surface area contributed by atoms with E-state index in [4.69, 9.17) is 0 Å². The molecule has 0 aliphatic heterocycles. The molecule has 1 aromatic heterocycles. The maximum Gasteiger partial charge on any atom is 0.134 e. The molecule has 0 atom stereocenters. The number of aromatic nitrogens is 1. The number of nitrogens with one attached hydrogen (secondary N) is 1. The summed E-state index contributed by atoms with van der Waals surface area (Å²) < 4.78 is 14.4. The first-order valence-electron chi connectivity index (χ1n) is 4.56. The molecular weight excluding hydrogens is 259 g/mol. The molecule has 4 heteroatoms. The molecule has 1 N–H and O–H groups in total. The number of pyridine rings is 1. The summed E-state index contributed by atoms with van der Waals surface area (Å²) in [5, 5.41) is 3.50. The standard InChI is InChI=1S/C11H10BrFN2/c1-6-5-9(14-2)10-8(13)4-3-7(12)11(10)15-6/h3-5H,1-2H3,(H,14,15). The Balaban J connectivity index is 2.95. The molecule has 0 amide bonds. The Labute approximate surface area is 95.6 Å². The van der Waals surface area contributed by atoms with Crippen molar-refractivity contribution < 1.29 is 4.39 Å². The lowest BCUT2D eigenvalue weighted by atomic mass is 10.1. The molecule has 0 saturated heterocycles. The average Bonchev–Trinajstić information content (AvgIpc) is 2.22. The first-order valence-corrected chi connectivity index (χ1v) is 5.36. The van der Waals surface area contributed by atoms with Gasteiger partial charge in [0, 0.05) is 22.9 Å². The number of rotatable bonds is 1. The molecule has 0 aliphatic carbocycles. The van der Waals surface area contributed by atoms with Crippen LogP contribution in [-0.2, 0) is 0 Å². The van der Waals surface area contributed by atoms with E-state index in [0.29, 0.717) is 10.9 Å². The van der Waals surface area contributed by atoms with Gasteiger partial charge in [-0.05, 0) is 41.1 Å². The van der Waals surface area contributed by atoms with E-state index in [0.717, 1.165) is 15.9 Å². The van der Waals surface area contributed by atoms with Crippen LogP contribution in [0.15, 0.2) is 22.7 Å². The molecule has 2 aromatic rings. The van der Waals surface area contributed by atoms with Crippen molar-refractivity contribution in [2.75, 3.05) is 12.4 Å². The van der Waals surface area contributed by atoms with Crippen molar-refractivity contribution in [2.24, 2.45) is 0 Å². The molecule has 0 unspecified atom stereocenters. The van der Waals surface area contributed by atoms with Crippen molar-refractivity contribution >= 4 is 32.5 Å². The van der Waals surface area contributed by atoms with Gasteiger partial charge in [0.1, 0.15) is 5.82 Å². The summed E-state index contributed by atoms with van der Waals surface area (Å²) in [5.74, 6) is -0.259. The minimum Gasteiger partial charge on any atom is -0.387 e. The van der Waals surface area contributed by atoms with Crippen molar-refractivity contribution in [3.05, 3.63) is 34.2 Å². The third-order valence-corrected chi connectivity index (χ3v) is 2.90. The lowest BCUT2D eigenvalue weighted by Gasteiger charge is -2.09. The van der Waals surface area contributed by atoms with E-state index in [1.807, 2.05) is 13.0 Å². The summed E-state index contributed by atoms with van der Waals surface area (Å²) in [6.07, 6.45) is 0. The first kappa shape index (κ1) is 10.4. The number of hydrogen-bond acceptors (Lipinski definition) is 2. The van der Waals surface area contributed by atoms with E-state index in [-0.39, 0.29) is 5.82 Å². The van der Waals surface area contributed by atoms with Crippen LogP contribution in [0, 0.1) is 12.7 Å². The molecule has 0 saturated carbocycles. The molecule has 0 spiro atoms. The predicted octanol–water partition coefficient (Wildman–Crippen LogP) is 3.49. The molecule has 0 aliphatic rings. The van der Waals surface area contributed by atoms with Gasteiger partial charge in [0.05, 0.1) is 10.9 Å². The zero-order valence-electron chi connectivity index (χ0n) is 8.44. The Bertz CT molecular complexity index is 525. The number of fused-ring (bicyclic) bond motifs is 1. The summed E-state index contributed by atoms with van der Waals surface area (Å²) >= 11 is 3.37. The number of aryl methyl sites for hydroxylation is 1. The van der Waals surface area contributed by atoms with E-state index < -0.39 is 0 Å². The van der Waals surface area contributed by atoms with E-state index in [1.165, 1.54) is 6.07 Å². The van der Waals surface area contributed by atoms with Crippen molar-refractivity contribution in [2.45, 2.75) is 6.92 Å². The third-order valence-electron chi connectivity index (χ3n) is 2.26. The molecule has 0 fully saturated rings. The fourth-order valence-electron chi connectivity index (χ4n) is 1.59. The highest BCUT2D eigenvalue weighted by atomic mass is 79.9. The molecular formula is C11H10BrFN2. The summed E-state index contributed by atoms with van der Waals surface area (Å²) in [5.41, 5.74) is 2.27. The largest absolute Gasteiger partial charge is 0.387 e. The lowest BCUT2D eigenvalue weighted by molar-refractivity contribution is 0.639. The Morgan fingerprint density at radius 2 is 2.13 bits per heavy atom. The highest BCUT2D eigenvalue weighted by molar-refractivity contribution is 9.10. The number of hydrogen-bond donors (Lipinski definition) is 1. The number of benzene rings is 1. The smallest absolute Gasteiger partial charge is 0.134 e. The maximum atomic E-state index is 13.6. The van der Waals surface area contributed by atoms with Crippen LogP contribution in [0.25, 0.3) is 10.9 Å². The fraction of sp³-hybridized carbons (Fsp3) is 0.182. The Morgan fingerprint density at radius 3 is 2.80 bits per heavy atom. The van der Waals surface area contributed by atoms with Gasteiger partial charge >= 0.3 is 0 Å². The quantitative estimate of drug-likeness (QED) is 0.857. The lowest BCUT2D eigenvalue weighted by Crippen LogP contribution is -1.96.